The molecule has 128 valence electrons. The number of ether oxygens (including phenoxy) is 2. The minimum absolute atomic E-state index is 0.00612. The molecule has 1 aromatic heterocycles. The zero-order valence-corrected chi connectivity index (χ0v) is 14.9. The minimum Gasteiger partial charge on any atom is -0.489 e. The van der Waals surface area contributed by atoms with Crippen LogP contribution in [0.25, 0.3) is 20.2 Å². The van der Waals surface area contributed by atoms with Gasteiger partial charge in [-0.2, -0.15) is 0 Å². The van der Waals surface area contributed by atoms with E-state index in [2.05, 4.69) is 6.58 Å². The highest BCUT2D eigenvalue weighted by molar-refractivity contribution is 7.24. The highest BCUT2D eigenvalue weighted by Crippen LogP contribution is 2.33. The normalized spacial score (nSPS) is 10.8. The first-order chi connectivity index (χ1) is 12.0. The standard InChI is InChI=1S/C20H18O4S/c1-12(2)20(22)24-9-8-23-16-11-13(3)10-15-18(21)14-6-4-5-7-17(14)25-19(15)16/h4-7,10-11H,1,8-9H2,2-3H3. The molecule has 2 aromatic carbocycles. The van der Waals surface area contributed by atoms with Gasteiger partial charge in [0.1, 0.15) is 19.0 Å². The molecule has 0 unspecified atom stereocenters. The molecule has 0 radical (unpaired) electrons. The maximum atomic E-state index is 12.8. The van der Waals surface area contributed by atoms with Gasteiger partial charge in [-0.05, 0) is 43.7 Å². The average Bonchev–Trinajstić information content (AvgIpc) is 2.59. The summed E-state index contributed by atoms with van der Waals surface area (Å²) in [6.45, 7) is 7.40. The molecule has 25 heavy (non-hydrogen) atoms. The van der Waals surface area contributed by atoms with Crippen LogP contribution in [0.15, 0.2) is 53.3 Å². The van der Waals surface area contributed by atoms with Gasteiger partial charge in [-0.25, -0.2) is 4.79 Å². The molecule has 1 heterocycles. The smallest absolute Gasteiger partial charge is 0.333 e. The minimum atomic E-state index is -0.437. The number of aryl methyl sites for hydroxylation is 1. The molecule has 5 heteroatoms. The van der Waals surface area contributed by atoms with Crippen molar-refractivity contribution in [1.82, 2.24) is 0 Å². The van der Waals surface area contributed by atoms with E-state index in [9.17, 15) is 9.59 Å². The van der Waals surface area contributed by atoms with E-state index in [-0.39, 0.29) is 18.6 Å². The fourth-order valence-corrected chi connectivity index (χ4v) is 3.65. The summed E-state index contributed by atoms with van der Waals surface area (Å²) in [4.78, 5) is 24.2. The fraction of sp³-hybridized carbons (Fsp3) is 0.200. The Morgan fingerprint density at radius 2 is 1.92 bits per heavy atom. The lowest BCUT2D eigenvalue weighted by molar-refractivity contribution is -0.139. The Labute approximate surface area is 149 Å². The van der Waals surface area contributed by atoms with Crippen molar-refractivity contribution in [3.8, 4) is 5.75 Å². The van der Waals surface area contributed by atoms with Crippen molar-refractivity contribution in [3.05, 3.63) is 64.3 Å². The highest BCUT2D eigenvalue weighted by Gasteiger charge is 2.11. The Morgan fingerprint density at radius 1 is 1.16 bits per heavy atom. The number of benzene rings is 2. The average molecular weight is 354 g/mol. The third kappa shape index (κ3) is 3.56. The number of hydrogen-bond acceptors (Lipinski definition) is 5. The molecule has 0 saturated heterocycles. The van der Waals surface area contributed by atoms with Crippen LogP contribution in [-0.2, 0) is 9.53 Å². The van der Waals surface area contributed by atoms with E-state index in [1.165, 1.54) is 11.3 Å². The van der Waals surface area contributed by atoms with Crippen molar-refractivity contribution >= 4 is 37.5 Å². The monoisotopic (exact) mass is 354 g/mol. The highest BCUT2D eigenvalue weighted by atomic mass is 32.1. The van der Waals surface area contributed by atoms with Gasteiger partial charge in [0.15, 0.2) is 5.43 Å². The van der Waals surface area contributed by atoms with Crippen LogP contribution in [-0.4, -0.2) is 19.2 Å². The summed E-state index contributed by atoms with van der Waals surface area (Å²) >= 11 is 1.52. The van der Waals surface area contributed by atoms with Gasteiger partial charge in [0.2, 0.25) is 0 Å². The lowest BCUT2D eigenvalue weighted by Crippen LogP contribution is -2.12. The molecule has 0 atom stereocenters. The number of carbonyl (C=O) groups excluding carboxylic acids is 1. The molecule has 3 rings (SSSR count). The van der Waals surface area contributed by atoms with Gasteiger partial charge >= 0.3 is 5.97 Å². The number of esters is 1. The van der Waals surface area contributed by atoms with Crippen LogP contribution < -0.4 is 10.2 Å². The van der Waals surface area contributed by atoms with Gasteiger partial charge in [-0.1, -0.05) is 18.7 Å². The van der Waals surface area contributed by atoms with E-state index in [4.69, 9.17) is 9.47 Å². The lowest BCUT2D eigenvalue weighted by atomic mass is 10.1. The first-order valence-electron chi connectivity index (χ1n) is 7.89. The molecule has 0 amide bonds. The van der Waals surface area contributed by atoms with Gasteiger partial charge in [0.25, 0.3) is 0 Å². The summed E-state index contributed by atoms with van der Waals surface area (Å²) in [7, 11) is 0. The van der Waals surface area contributed by atoms with Crippen LogP contribution in [0, 0.1) is 6.92 Å². The van der Waals surface area contributed by atoms with Crippen LogP contribution in [0.5, 0.6) is 5.75 Å². The first-order valence-corrected chi connectivity index (χ1v) is 8.70. The van der Waals surface area contributed by atoms with E-state index in [1.54, 1.807) is 6.92 Å². The number of hydrogen-bond donors (Lipinski definition) is 0. The second-order valence-electron chi connectivity index (χ2n) is 5.83. The molecule has 0 aliphatic heterocycles. The Hall–Kier alpha value is -2.66. The van der Waals surface area contributed by atoms with Crippen LogP contribution in [0.1, 0.15) is 12.5 Å². The molecule has 0 spiro atoms. The van der Waals surface area contributed by atoms with Crippen molar-refractivity contribution in [2.24, 2.45) is 0 Å². The predicted molar refractivity (Wildman–Crippen MR) is 102 cm³/mol. The summed E-state index contributed by atoms with van der Waals surface area (Å²) in [5.74, 6) is 0.197. The number of rotatable bonds is 5. The van der Waals surface area contributed by atoms with Crippen molar-refractivity contribution in [3.63, 3.8) is 0 Å². The molecule has 0 saturated carbocycles. The third-order valence-electron chi connectivity index (χ3n) is 3.71. The Morgan fingerprint density at radius 3 is 2.68 bits per heavy atom. The summed E-state index contributed by atoms with van der Waals surface area (Å²) < 4.78 is 12.6. The van der Waals surface area contributed by atoms with E-state index in [0.29, 0.717) is 22.1 Å². The lowest BCUT2D eigenvalue weighted by Gasteiger charge is -2.11. The number of carbonyl (C=O) groups is 1. The van der Waals surface area contributed by atoms with Crippen LogP contribution in [0.3, 0.4) is 0 Å². The largest absolute Gasteiger partial charge is 0.489 e. The van der Waals surface area contributed by atoms with E-state index >= 15 is 0 Å². The molecule has 4 nitrogen and oxygen atoms in total. The molecular weight excluding hydrogens is 336 g/mol. The maximum absolute atomic E-state index is 12.8. The zero-order valence-electron chi connectivity index (χ0n) is 14.1. The summed E-state index contributed by atoms with van der Waals surface area (Å²) in [6.07, 6.45) is 0. The van der Waals surface area contributed by atoms with Gasteiger partial charge < -0.3 is 9.47 Å². The predicted octanol–water partition coefficient (Wildman–Crippen LogP) is 4.22. The molecule has 0 bridgehead atoms. The van der Waals surface area contributed by atoms with Crippen LogP contribution in [0.2, 0.25) is 0 Å². The third-order valence-corrected chi connectivity index (χ3v) is 4.91. The van der Waals surface area contributed by atoms with Crippen molar-refractivity contribution in [2.75, 3.05) is 13.2 Å². The van der Waals surface area contributed by atoms with Crippen molar-refractivity contribution in [1.29, 1.82) is 0 Å². The second-order valence-corrected chi connectivity index (χ2v) is 6.88. The molecule has 0 aliphatic rings. The SMILES string of the molecule is C=C(C)C(=O)OCCOc1cc(C)cc2c(=O)c3ccccc3sc12. The zero-order chi connectivity index (χ0) is 18.0. The maximum Gasteiger partial charge on any atom is 0.333 e. The second kappa shape index (κ2) is 7.07. The van der Waals surface area contributed by atoms with Gasteiger partial charge in [0.05, 0.1) is 4.70 Å². The van der Waals surface area contributed by atoms with Gasteiger partial charge in [-0.3, -0.25) is 4.79 Å². The molecule has 0 fully saturated rings. The molecule has 0 aliphatic carbocycles. The van der Waals surface area contributed by atoms with Crippen LogP contribution >= 0.6 is 11.3 Å². The summed E-state index contributed by atoms with van der Waals surface area (Å²) in [5.41, 5.74) is 1.30. The van der Waals surface area contributed by atoms with E-state index in [0.717, 1.165) is 15.0 Å². The Kier molecular flexibility index (Phi) is 4.86. The van der Waals surface area contributed by atoms with Gasteiger partial charge in [-0.15, -0.1) is 11.3 Å². The first kappa shape index (κ1) is 17.2. The molecule has 0 N–H and O–H groups in total. The molecule has 3 aromatic rings. The summed E-state index contributed by atoms with van der Waals surface area (Å²) in [5, 5.41) is 1.37. The van der Waals surface area contributed by atoms with Crippen LogP contribution in [0.4, 0.5) is 0 Å². The van der Waals surface area contributed by atoms with E-state index < -0.39 is 5.97 Å². The molecular formula is C20H18O4S. The Bertz CT molecular complexity index is 1030. The quantitative estimate of drug-likeness (QED) is 0.298. The summed E-state index contributed by atoms with van der Waals surface area (Å²) in [6, 6.07) is 11.3. The topological polar surface area (TPSA) is 52.6 Å². The Balaban J connectivity index is 1.94. The van der Waals surface area contributed by atoms with E-state index in [1.807, 2.05) is 43.3 Å². The fourth-order valence-electron chi connectivity index (χ4n) is 2.53. The van der Waals surface area contributed by atoms with Gasteiger partial charge in [0, 0.05) is 21.0 Å². The number of fused-ring (bicyclic) bond motifs is 2. The van der Waals surface area contributed by atoms with Crippen molar-refractivity contribution in [2.45, 2.75) is 13.8 Å². The van der Waals surface area contributed by atoms with Crippen molar-refractivity contribution < 1.29 is 14.3 Å².